The molecule has 4 nitrogen and oxygen atoms in total. The largest absolute Gasteiger partial charge is 0.504 e. The SMILES string of the molecule is COc1cc2oc(=O)ccc2cc1O. The average Bonchev–Trinajstić information content (AvgIpc) is 2.17. The van der Waals surface area contributed by atoms with E-state index in [0.29, 0.717) is 11.0 Å². The molecule has 2 rings (SSSR count). The second-order valence-corrected chi connectivity index (χ2v) is 2.82. The Bertz CT molecular complexity index is 527. The van der Waals surface area contributed by atoms with E-state index < -0.39 is 5.63 Å². The van der Waals surface area contributed by atoms with Gasteiger partial charge in [-0.1, -0.05) is 0 Å². The first-order valence-corrected chi connectivity index (χ1v) is 4.01. The first-order chi connectivity index (χ1) is 6.70. The van der Waals surface area contributed by atoms with Crippen LogP contribution in [-0.4, -0.2) is 12.2 Å². The molecule has 2 aromatic rings. The molecule has 1 N–H and O–H groups in total. The Kier molecular flexibility index (Phi) is 1.89. The maximum Gasteiger partial charge on any atom is 0.336 e. The van der Waals surface area contributed by atoms with Crippen molar-refractivity contribution in [3.63, 3.8) is 0 Å². The summed E-state index contributed by atoms with van der Waals surface area (Å²) < 4.78 is 9.79. The highest BCUT2D eigenvalue weighted by Gasteiger charge is 2.05. The van der Waals surface area contributed by atoms with E-state index >= 15 is 0 Å². The van der Waals surface area contributed by atoms with Gasteiger partial charge in [-0.05, 0) is 12.1 Å². The minimum atomic E-state index is -0.426. The fourth-order valence-electron chi connectivity index (χ4n) is 1.25. The summed E-state index contributed by atoms with van der Waals surface area (Å²) in [6.45, 7) is 0. The third-order valence-corrected chi connectivity index (χ3v) is 1.92. The Balaban J connectivity index is 2.80. The second-order valence-electron chi connectivity index (χ2n) is 2.82. The average molecular weight is 192 g/mol. The van der Waals surface area contributed by atoms with Crippen LogP contribution in [0.15, 0.2) is 33.5 Å². The molecule has 0 saturated heterocycles. The summed E-state index contributed by atoms with van der Waals surface area (Å²) >= 11 is 0. The molecule has 1 aromatic carbocycles. The quantitative estimate of drug-likeness (QED) is 0.695. The molecule has 1 aromatic heterocycles. The van der Waals surface area contributed by atoms with Crippen LogP contribution in [0.5, 0.6) is 11.5 Å². The van der Waals surface area contributed by atoms with Gasteiger partial charge in [-0.25, -0.2) is 4.79 Å². The van der Waals surface area contributed by atoms with Gasteiger partial charge in [0.15, 0.2) is 11.5 Å². The van der Waals surface area contributed by atoms with Crippen molar-refractivity contribution in [1.82, 2.24) is 0 Å². The monoisotopic (exact) mass is 192 g/mol. The second kappa shape index (κ2) is 3.06. The van der Waals surface area contributed by atoms with Gasteiger partial charge in [0.2, 0.25) is 0 Å². The molecular weight excluding hydrogens is 184 g/mol. The molecule has 1 heterocycles. The summed E-state index contributed by atoms with van der Waals surface area (Å²) in [6.07, 6.45) is 0. The van der Waals surface area contributed by atoms with Crippen LogP contribution >= 0.6 is 0 Å². The van der Waals surface area contributed by atoms with Crippen LogP contribution in [0.2, 0.25) is 0 Å². The maximum atomic E-state index is 10.9. The summed E-state index contributed by atoms with van der Waals surface area (Å²) in [5, 5.41) is 10.1. The molecule has 0 fully saturated rings. The molecule has 0 unspecified atom stereocenters. The number of rotatable bonds is 1. The summed E-state index contributed by atoms with van der Waals surface area (Å²) in [7, 11) is 1.43. The van der Waals surface area contributed by atoms with E-state index in [-0.39, 0.29) is 11.5 Å². The van der Waals surface area contributed by atoms with Crippen LogP contribution in [-0.2, 0) is 0 Å². The highest BCUT2D eigenvalue weighted by molar-refractivity contribution is 5.80. The molecule has 4 heteroatoms. The zero-order chi connectivity index (χ0) is 10.1. The highest BCUT2D eigenvalue weighted by Crippen LogP contribution is 2.30. The smallest absolute Gasteiger partial charge is 0.336 e. The van der Waals surface area contributed by atoms with Gasteiger partial charge in [0, 0.05) is 17.5 Å². The molecule has 0 aliphatic rings. The summed E-state index contributed by atoms with van der Waals surface area (Å²) in [5.41, 5.74) is -0.0302. The van der Waals surface area contributed by atoms with E-state index in [0.717, 1.165) is 0 Å². The summed E-state index contributed by atoms with van der Waals surface area (Å²) in [4.78, 5) is 10.9. The Labute approximate surface area is 79.4 Å². The normalized spacial score (nSPS) is 10.4. The number of fused-ring (bicyclic) bond motifs is 1. The van der Waals surface area contributed by atoms with Crippen molar-refractivity contribution in [2.75, 3.05) is 7.11 Å². The third-order valence-electron chi connectivity index (χ3n) is 1.92. The maximum absolute atomic E-state index is 10.9. The Morgan fingerprint density at radius 3 is 2.86 bits per heavy atom. The van der Waals surface area contributed by atoms with E-state index in [4.69, 9.17) is 9.15 Å². The highest BCUT2D eigenvalue weighted by atomic mass is 16.5. The van der Waals surface area contributed by atoms with Gasteiger partial charge >= 0.3 is 5.63 Å². The standard InChI is InChI=1S/C10H8O4/c1-13-9-5-8-6(4-7(9)11)2-3-10(12)14-8/h2-5,11H,1H3. The van der Waals surface area contributed by atoms with Crippen molar-refractivity contribution >= 4 is 11.0 Å². The molecule has 0 amide bonds. The molecule has 0 radical (unpaired) electrons. The molecule has 14 heavy (non-hydrogen) atoms. The van der Waals surface area contributed by atoms with E-state index in [1.54, 1.807) is 6.07 Å². The topological polar surface area (TPSA) is 59.7 Å². The first kappa shape index (κ1) is 8.62. The van der Waals surface area contributed by atoms with E-state index in [9.17, 15) is 9.90 Å². The van der Waals surface area contributed by atoms with Crippen molar-refractivity contribution in [1.29, 1.82) is 0 Å². The van der Waals surface area contributed by atoms with Gasteiger partial charge < -0.3 is 14.3 Å². The molecule has 0 aliphatic carbocycles. The minimum absolute atomic E-state index is 0.0221. The predicted octanol–water partition coefficient (Wildman–Crippen LogP) is 1.51. The predicted molar refractivity (Wildman–Crippen MR) is 50.7 cm³/mol. The third kappa shape index (κ3) is 1.31. The van der Waals surface area contributed by atoms with E-state index in [2.05, 4.69) is 0 Å². The number of phenols is 1. The zero-order valence-corrected chi connectivity index (χ0v) is 7.48. The molecule has 0 aliphatic heterocycles. The van der Waals surface area contributed by atoms with Gasteiger partial charge in [0.1, 0.15) is 5.58 Å². The number of methoxy groups -OCH3 is 1. The number of benzene rings is 1. The fraction of sp³-hybridized carbons (Fsp3) is 0.100. The van der Waals surface area contributed by atoms with Gasteiger partial charge in [-0.3, -0.25) is 0 Å². The molecule has 0 spiro atoms. The van der Waals surface area contributed by atoms with Crippen LogP contribution in [0.1, 0.15) is 0 Å². The van der Waals surface area contributed by atoms with Crippen molar-refractivity contribution in [3.05, 3.63) is 34.7 Å². The zero-order valence-electron chi connectivity index (χ0n) is 7.48. The molecule has 72 valence electrons. The summed E-state index contributed by atoms with van der Waals surface area (Å²) in [5.74, 6) is 0.306. The number of ether oxygens (including phenoxy) is 1. The number of phenolic OH excluding ortho intramolecular Hbond substituents is 1. The Morgan fingerprint density at radius 2 is 2.14 bits per heavy atom. The lowest BCUT2D eigenvalue weighted by Crippen LogP contribution is -1.94. The van der Waals surface area contributed by atoms with Crippen LogP contribution in [0, 0.1) is 0 Å². The van der Waals surface area contributed by atoms with Crippen LogP contribution in [0.4, 0.5) is 0 Å². The molecular formula is C10H8O4. The first-order valence-electron chi connectivity index (χ1n) is 4.01. The number of hydrogen-bond acceptors (Lipinski definition) is 4. The number of aromatic hydroxyl groups is 1. The molecule has 0 atom stereocenters. The van der Waals surface area contributed by atoms with Crippen LogP contribution in [0.25, 0.3) is 11.0 Å². The van der Waals surface area contributed by atoms with Gasteiger partial charge in [0.25, 0.3) is 0 Å². The van der Waals surface area contributed by atoms with E-state index in [1.165, 1.54) is 25.3 Å². The van der Waals surface area contributed by atoms with Crippen molar-refractivity contribution in [2.24, 2.45) is 0 Å². The van der Waals surface area contributed by atoms with Crippen molar-refractivity contribution < 1.29 is 14.3 Å². The van der Waals surface area contributed by atoms with Crippen molar-refractivity contribution in [2.45, 2.75) is 0 Å². The summed E-state index contributed by atoms with van der Waals surface area (Å²) in [6, 6.07) is 5.84. The fourth-order valence-corrected chi connectivity index (χ4v) is 1.25. The molecule has 0 bridgehead atoms. The van der Waals surface area contributed by atoms with Gasteiger partial charge in [0.05, 0.1) is 7.11 Å². The Morgan fingerprint density at radius 1 is 1.36 bits per heavy atom. The number of hydrogen-bond donors (Lipinski definition) is 1. The lowest BCUT2D eigenvalue weighted by Gasteiger charge is -2.03. The van der Waals surface area contributed by atoms with E-state index in [1.807, 2.05) is 0 Å². The Hall–Kier alpha value is -1.97. The van der Waals surface area contributed by atoms with Gasteiger partial charge in [-0.15, -0.1) is 0 Å². The van der Waals surface area contributed by atoms with Crippen LogP contribution < -0.4 is 10.4 Å². The molecule has 0 saturated carbocycles. The minimum Gasteiger partial charge on any atom is -0.504 e. The van der Waals surface area contributed by atoms with Crippen LogP contribution in [0.3, 0.4) is 0 Å². The van der Waals surface area contributed by atoms with Gasteiger partial charge in [-0.2, -0.15) is 0 Å². The van der Waals surface area contributed by atoms with Crippen molar-refractivity contribution in [3.8, 4) is 11.5 Å². The lowest BCUT2D eigenvalue weighted by molar-refractivity contribution is 0.373. The lowest BCUT2D eigenvalue weighted by atomic mass is 10.2.